The summed E-state index contributed by atoms with van der Waals surface area (Å²) in [5, 5.41) is 9.83. The maximum absolute atomic E-state index is 12.4. The molecule has 7 heteroatoms. The Morgan fingerprint density at radius 1 is 1.31 bits per heavy atom. The molecule has 1 amide bonds. The fourth-order valence-electron chi connectivity index (χ4n) is 3.54. The van der Waals surface area contributed by atoms with Crippen LogP contribution in [0, 0.1) is 0 Å². The minimum Gasteiger partial charge on any atom is -0.410 e. The Morgan fingerprint density at radius 3 is 2.96 bits per heavy atom. The highest BCUT2D eigenvalue weighted by atomic mass is 32.2. The molecule has 1 aliphatic heterocycles. The molecule has 0 N–H and O–H groups in total. The first-order chi connectivity index (χ1) is 12.6. The first kappa shape index (κ1) is 17.1. The molecule has 1 aromatic carbocycles. The molecule has 1 saturated heterocycles. The molecular weight excluding hydrogens is 348 g/mol. The van der Waals surface area contributed by atoms with Crippen LogP contribution in [0.15, 0.2) is 40.0 Å². The van der Waals surface area contributed by atoms with Crippen molar-refractivity contribution in [3.63, 3.8) is 0 Å². The minimum absolute atomic E-state index is 0.145. The van der Waals surface area contributed by atoms with Gasteiger partial charge in [-0.3, -0.25) is 4.79 Å². The van der Waals surface area contributed by atoms with E-state index in [9.17, 15) is 4.79 Å². The third kappa shape index (κ3) is 3.23. The summed E-state index contributed by atoms with van der Waals surface area (Å²) in [6.07, 6.45) is 3.38. The fraction of sp³-hybridized carbons (Fsp3) is 0.421. The third-order valence-corrected chi connectivity index (χ3v) is 5.82. The lowest BCUT2D eigenvalue weighted by molar-refractivity contribution is -0.131. The number of aryl methyl sites for hydroxylation is 1. The van der Waals surface area contributed by atoms with Crippen molar-refractivity contribution in [1.82, 2.24) is 19.7 Å². The number of thioether (sulfide) groups is 1. The average molecular weight is 370 g/mol. The molecule has 136 valence electrons. The second-order valence-corrected chi connectivity index (χ2v) is 7.67. The Balaban J connectivity index is 1.46. The minimum atomic E-state index is 0.145. The Bertz CT molecular complexity index is 933. The van der Waals surface area contributed by atoms with Crippen LogP contribution < -0.4 is 0 Å². The van der Waals surface area contributed by atoms with Gasteiger partial charge < -0.3 is 13.9 Å². The number of para-hydroxylation sites is 1. The number of hydrogen-bond donors (Lipinski definition) is 0. The van der Waals surface area contributed by atoms with E-state index < -0.39 is 0 Å². The molecule has 6 nitrogen and oxygen atoms in total. The Hall–Kier alpha value is -2.28. The van der Waals surface area contributed by atoms with E-state index in [4.69, 9.17) is 4.42 Å². The summed E-state index contributed by atoms with van der Waals surface area (Å²) in [5.74, 6) is 0.956. The normalized spacial score (nSPS) is 17.8. The van der Waals surface area contributed by atoms with Gasteiger partial charge in [0, 0.05) is 30.5 Å². The van der Waals surface area contributed by atoms with Crippen LogP contribution in [0.2, 0.25) is 0 Å². The molecule has 0 aliphatic carbocycles. The number of nitrogens with zero attached hydrogens (tertiary/aromatic N) is 4. The van der Waals surface area contributed by atoms with Gasteiger partial charge in [0.2, 0.25) is 5.91 Å². The molecule has 0 saturated carbocycles. The molecule has 26 heavy (non-hydrogen) atoms. The van der Waals surface area contributed by atoms with Gasteiger partial charge >= 0.3 is 0 Å². The Kier molecular flexibility index (Phi) is 4.72. The molecule has 2 aromatic heterocycles. The van der Waals surface area contributed by atoms with Gasteiger partial charge in [-0.15, -0.1) is 10.2 Å². The standard InChI is InChI=1S/C19H22N4O2S/c1-13-7-5-6-10-23(13)17(24)12-26-19-21-20-18(25-19)16-11-14-8-3-4-9-15(14)22(16)2/h3-4,8-9,11,13H,5-7,10,12H2,1-2H3/t13-/m0/s1. The molecular formula is C19H22N4O2S. The van der Waals surface area contributed by atoms with Crippen molar-refractivity contribution < 1.29 is 9.21 Å². The molecule has 0 unspecified atom stereocenters. The van der Waals surface area contributed by atoms with Crippen molar-refractivity contribution in [2.45, 2.75) is 37.5 Å². The zero-order valence-corrected chi connectivity index (χ0v) is 15.8. The largest absolute Gasteiger partial charge is 0.410 e. The van der Waals surface area contributed by atoms with Crippen LogP contribution in [0.3, 0.4) is 0 Å². The Morgan fingerprint density at radius 2 is 2.15 bits per heavy atom. The lowest BCUT2D eigenvalue weighted by Gasteiger charge is -2.33. The van der Waals surface area contributed by atoms with E-state index in [2.05, 4.69) is 29.3 Å². The molecule has 0 bridgehead atoms. The highest BCUT2D eigenvalue weighted by Gasteiger charge is 2.24. The number of aromatic nitrogens is 3. The number of benzene rings is 1. The van der Waals surface area contributed by atoms with Crippen molar-refractivity contribution in [1.29, 1.82) is 0 Å². The smallest absolute Gasteiger partial charge is 0.277 e. The second-order valence-electron chi connectivity index (χ2n) is 6.74. The number of carbonyl (C=O) groups excluding carboxylic acids is 1. The molecule has 0 radical (unpaired) electrons. The Labute approximate surface area is 156 Å². The number of hydrogen-bond acceptors (Lipinski definition) is 5. The van der Waals surface area contributed by atoms with Crippen molar-refractivity contribution in [2.24, 2.45) is 7.05 Å². The average Bonchev–Trinajstić information content (AvgIpc) is 3.25. The topological polar surface area (TPSA) is 64.2 Å². The first-order valence-electron chi connectivity index (χ1n) is 8.94. The highest BCUT2D eigenvalue weighted by molar-refractivity contribution is 7.99. The van der Waals surface area contributed by atoms with E-state index in [1.165, 1.54) is 18.2 Å². The molecule has 4 rings (SSSR count). The molecule has 0 spiro atoms. The van der Waals surface area contributed by atoms with Crippen molar-refractivity contribution in [3.8, 4) is 11.6 Å². The summed E-state index contributed by atoms with van der Waals surface area (Å²) in [7, 11) is 1.98. The lowest BCUT2D eigenvalue weighted by atomic mass is 10.0. The zero-order valence-electron chi connectivity index (χ0n) is 15.0. The van der Waals surface area contributed by atoms with E-state index in [1.807, 2.05) is 34.7 Å². The number of likely N-dealkylation sites (tertiary alicyclic amines) is 1. The van der Waals surface area contributed by atoms with Crippen LogP contribution in [0.1, 0.15) is 26.2 Å². The van der Waals surface area contributed by atoms with Crippen LogP contribution in [0.5, 0.6) is 0 Å². The van der Waals surface area contributed by atoms with Crippen molar-refractivity contribution >= 4 is 28.6 Å². The molecule has 1 atom stereocenters. The summed E-state index contributed by atoms with van der Waals surface area (Å²) in [6, 6.07) is 10.5. The summed E-state index contributed by atoms with van der Waals surface area (Å²) in [6.45, 7) is 2.97. The highest BCUT2D eigenvalue weighted by Crippen LogP contribution is 2.28. The monoisotopic (exact) mass is 370 g/mol. The van der Waals surface area contributed by atoms with E-state index >= 15 is 0 Å². The van der Waals surface area contributed by atoms with Gasteiger partial charge in [-0.25, -0.2) is 0 Å². The summed E-state index contributed by atoms with van der Waals surface area (Å²) in [4.78, 5) is 14.4. The predicted molar refractivity (Wildman–Crippen MR) is 102 cm³/mol. The van der Waals surface area contributed by atoms with Gasteiger partial charge in [0.1, 0.15) is 5.69 Å². The summed E-state index contributed by atoms with van der Waals surface area (Å²) >= 11 is 1.31. The van der Waals surface area contributed by atoms with Gasteiger partial charge in [0.05, 0.1) is 5.75 Å². The lowest BCUT2D eigenvalue weighted by Crippen LogP contribution is -2.42. The van der Waals surface area contributed by atoms with Gasteiger partial charge in [-0.05, 0) is 38.3 Å². The third-order valence-electron chi connectivity index (χ3n) is 5.02. The molecule has 3 aromatic rings. The van der Waals surface area contributed by atoms with Gasteiger partial charge in [-0.2, -0.15) is 0 Å². The first-order valence-corrected chi connectivity index (χ1v) is 9.92. The number of carbonyl (C=O) groups is 1. The van der Waals surface area contributed by atoms with Gasteiger partial charge in [-0.1, -0.05) is 30.0 Å². The van der Waals surface area contributed by atoms with Crippen LogP contribution in [-0.2, 0) is 11.8 Å². The summed E-state index contributed by atoms with van der Waals surface area (Å²) < 4.78 is 7.83. The van der Waals surface area contributed by atoms with E-state index in [-0.39, 0.29) is 5.91 Å². The quantitative estimate of drug-likeness (QED) is 0.655. The predicted octanol–water partition coefficient (Wildman–Crippen LogP) is 3.72. The van der Waals surface area contributed by atoms with Crippen LogP contribution in [0.4, 0.5) is 0 Å². The number of piperidine rings is 1. The van der Waals surface area contributed by atoms with Crippen LogP contribution in [0.25, 0.3) is 22.5 Å². The van der Waals surface area contributed by atoms with E-state index in [0.717, 1.165) is 36.0 Å². The molecule has 1 fully saturated rings. The van der Waals surface area contributed by atoms with Gasteiger partial charge in [0.15, 0.2) is 0 Å². The van der Waals surface area contributed by atoms with E-state index in [1.54, 1.807) is 0 Å². The van der Waals surface area contributed by atoms with Crippen molar-refractivity contribution in [3.05, 3.63) is 30.3 Å². The zero-order chi connectivity index (χ0) is 18.1. The summed E-state index contributed by atoms with van der Waals surface area (Å²) in [5.41, 5.74) is 1.99. The van der Waals surface area contributed by atoms with E-state index in [0.29, 0.717) is 22.9 Å². The van der Waals surface area contributed by atoms with Gasteiger partial charge in [0.25, 0.3) is 11.1 Å². The number of amides is 1. The number of rotatable bonds is 4. The SMILES string of the molecule is C[C@H]1CCCCN1C(=O)CSc1nnc(-c2cc3ccccc3n2C)o1. The van der Waals surface area contributed by atoms with Crippen LogP contribution in [-0.4, -0.2) is 43.9 Å². The molecule has 3 heterocycles. The van der Waals surface area contributed by atoms with Crippen molar-refractivity contribution in [2.75, 3.05) is 12.3 Å². The van der Waals surface area contributed by atoms with Crippen LogP contribution >= 0.6 is 11.8 Å². The maximum Gasteiger partial charge on any atom is 0.277 e. The molecule has 1 aliphatic rings. The second kappa shape index (κ2) is 7.15. The number of fused-ring (bicyclic) bond motifs is 1. The maximum atomic E-state index is 12.4. The fourth-order valence-corrected chi connectivity index (χ4v) is 4.19.